The van der Waals surface area contributed by atoms with Crippen molar-refractivity contribution in [2.45, 2.75) is 19.3 Å². The van der Waals surface area contributed by atoms with E-state index in [1.165, 1.54) is 0 Å². The van der Waals surface area contributed by atoms with Crippen LogP contribution in [0.5, 0.6) is 5.75 Å². The topological polar surface area (TPSA) is 50.1 Å². The molecule has 0 aliphatic carbocycles. The minimum absolute atomic E-state index is 0.229. The Kier molecular flexibility index (Phi) is 5.50. The predicted molar refractivity (Wildman–Crippen MR) is 86.3 cm³/mol. The Morgan fingerprint density at radius 3 is 2.23 bits per heavy atom. The molecular weight excluding hydrogens is 274 g/mol. The Bertz CT molecular complexity index is 679. The summed E-state index contributed by atoms with van der Waals surface area (Å²) in [6.07, 6.45) is 3.75. The van der Waals surface area contributed by atoms with Crippen molar-refractivity contribution >= 4 is 5.97 Å². The molecule has 3 heteroatoms. The Morgan fingerprint density at radius 1 is 1.09 bits per heavy atom. The minimum atomic E-state index is -0.229. The van der Waals surface area contributed by atoms with Crippen LogP contribution in [0, 0.1) is 11.3 Å². The molecule has 0 saturated carbocycles. The summed E-state index contributed by atoms with van der Waals surface area (Å²) < 4.78 is 5.27. The van der Waals surface area contributed by atoms with Crippen LogP contribution in [0.4, 0.5) is 0 Å². The summed E-state index contributed by atoms with van der Waals surface area (Å²) in [5, 5.41) is 8.79. The second-order valence-electron chi connectivity index (χ2n) is 4.87. The van der Waals surface area contributed by atoms with Crippen LogP contribution in [0.2, 0.25) is 0 Å². The first-order valence-corrected chi connectivity index (χ1v) is 7.15. The SMILES string of the molecule is C=CCCCC(=O)Oc1ccc(-c2ccc(C#N)cc2)cc1. The zero-order valence-corrected chi connectivity index (χ0v) is 12.3. The van der Waals surface area contributed by atoms with Crippen LogP contribution in [0.25, 0.3) is 11.1 Å². The maximum Gasteiger partial charge on any atom is 0.311 e. The van der Waals surface area contributed by atoms with Crippen molar-refractivity contribution in [3.05, 3.63) is 66.7 Å². The Balaban J connectivity index is 1.99. The van der Waals surface area contributed by atoms with Crippen LogP contribution in [0.15, 0.2) is 61.2 Å². The van der Waals surface area contributed by atoms with Crippen LogP contribution in [-0.2, 0) is 4.79 Å². The number of allylic oxidation sites excluding steroid dienone is 1. The van der Waals surface area contributed by atoms with Crippen LogP contribution in [0.3, 0.4) is 0 Å². The fourth-order valence-corrected chi connectivity index (χ4v) is 2.03. The molecule has 0 aliphatic rings. The zero-order valence-electron chi connectivity index (χ0n) is 12.3. The third-order valence-corrected chi connectivity index (χ3v) is 3.22. The molecule has 0 bridgehead atoms. The molecule has 0 saturated heterocycles. The molecule has 0 radical (unpaired) electrons. The van der Waals surface area contributed by atoms with Gasteiger partial charge in [0, 0.05) is 6.42 Å². The summed E-state index contributed by atoms with van der Waals surface area (Å²) >= 11 is 0. The van der Waals surface area contributed by atoms with E-state index in [2.05, 4.69) is 12.6 Å². The predicted octanol–water partition coefficient (Wildman–Crippen LogP) is 4.49. The van der Waals surface area contributed by atoms with Crippen molar-refractivity contribution in [2.75, 3.05) is 0 Å². The van der Waals surface area contributed by atoms with Crippen molar-refractivity contribution in [1.82, 2.24) is 0 Å². The minimum Gasteiger partial charge on any atom is -0.427 e. The van der Waals surface area contributed by atoms with Gasteiger partial charge in [-0.3, -0.25) is 4.79 Å². The number of carbonyl (C=O) groups excluding carboxylic acids is 1. The number of rotatable bonds is 6. The number of hydrogen-bond donors (Lipinski definition) is 0. The Labute approximate surface area is 130 Å². The largest absolute Gasteiger partial charge is 0.427 e. The van der Waals surface area contributed by atoms with Crippen LogP contribution < -0.4 is 4.74 Å². The first-order valence-electron chi connectivity index (χ1n) is 7.15. The molecule has 3 nitrogen and oxygen atoms in total. The van der Waals surface area contributed by atoms with Crippen molar-refractivity contribution in [2.24, 2.45) is 0 Å². The van der Waals surface area contributed by atoms with E-state index in [1.807, 2.05) is 24.3 Å². The number of ether oxygens (including phenoxy) is 1. The van der Waals surface area contributed by atoms with E-state index in [9.17, 15) is 4.79 Å². The summed E-state index contributed by atoms with van der Waals surface area (Å²) in [6, 6.07) is 16.8. The van der Waals surface area contributed by atoms with Gasteiger partial charge in [-0.15, -0.1) is 6.58 Å². The second kappa shape index (κ2) is 7.80. The zero-order chi connectivity index (χ0) is 15.8. The summed E-state index contributed by atoms with van der Waals surface area (Å²) in [4.78, 5) is 11.6. The second-order valence-corrected chi connectivity index (χ2v) is 4.87. The third-order valence-electron chi connectivity index (χ3n) is 3.22. The van der Waals surface area contributed by atoms with Crippen LogP contribution in [-0.4, -0.2) is 5.97 Å². The van der Waals surface area contributed by atoms with Gasteiger partial charge in [0.1, 0.15) is 5.75 Å². The van der Waals surface area contributed by atoms with Crippen LogP contribution in [0.1, 0.15) is 24.8 Å². The Hall–Kier alpha value is -2.86. The first-order chi connectivity index (χ1) is 10.7. The van der Waals surface area contributed by atoms with Gasteiger partial charge in [-0.05, 0) is 48.2 Å². The van der Waals surface area contributed by atoms with E-state index in [-0.39, 0.29) is 5.97 Å². The standard InChI is InChI=1S/C19H17NO2/c1-2-3-4-5-19(21)22-18-12-10-17(11-13-18)16-8-6-15(14-20)7-9-16/h2,6-13H,1,3-5H2. The highest BCUT2D eigenvalue weighted by molar-refractivity contribution is 5.73. The van der Waals surface area contributed by atoms with Gasteiger partial charge < -0.3 is 4.74 Å². The monoisotopic (exact) mass is 291 g/mol. The lowest BCUT2D eigenvalue weighted by molar-refractivity contribution is -0.134. The number of nitrogens with zero attached hydrogens (tertiary/aromatic N) is 1. The van der Waals surface area contributed by atoms with E-state index >= 15 is 0 Å². The smallest absolute Gasteiger partial charge is 0.311 e. The molecule has 2 aromatic carbocycles. The van der Waals surface area contributed by atoms with Gasteiger partial charge in [-0.25, -0.2) is 0 Å². The third kappa shape index (κ3) is 4.32. The van der Waals surface area contributed by atoms with Gasteiger partial charge in [0.2, 0.25) is 0 Å². The highest BCUT2D eigenvalue weighted by atomic mass is 16.5. The van der Waals surface area contributed by atoms with Crippen molar-refractivity contribution in [3.8, 4) is 22.9 Å². The van der Waals surface area contributed by atoms with Crippen molar-refractivity contribution in [3.63, 3.8) is 0 Å². The van der Waals surface area contributed by atoms with E-state index in [0.717, 1.165) is 24.0 Å². The number of unbranched alkanes of at least 4 members (excludes halogenated alkanes) is 1. The van der Waals surface area contributed by atoms with Gasteiger partial charge in [0.25, 0.3) is 0 Å². The molecule has 0 unspecified atom stereocenters. The van der Waals surface area contributed by atoms with E-state index in [1.54, 1.807) is 30.3 Å². The first kappa shape index (κ1) is 15.5. The van der Waals surface area contributed by atoms with Gasteiger partial charge in [0.05, 0.1) is 11.6 Å². The number of carbonyl (C=O) groups is 1. The lowest BCUT2D eigenvalue weighted by Gasteiger charge is -2.06. The molecule has 0 aliphatic heterocycles. The lowest BCUT2D eigenvalue weighted by atomic mass is 10.0. The summed E-state index contributed by atoms with van der Waals surface area (Å²) in [5.74, 6) is 0.314. The lowest BCUT2D eigenvalue weighted by Crippen LogP contribution is -2.07. The molecule has 0 spiro atoms. The summed E-state index contributed by atoms with van der Waals surface area (Å²) in [6.45, 7) is 3.62. The summed E-state index contributed by atoms with van der Waals surface area (Å²) in [7, 11) is 0. The fraction of sp³-hybridized carbons (Fsp3) is 0.158. The number of hydrogen-bond acceptors (Lipinski definition) is 3. The quantitative estimate of drug-likeness (QED) is 0.341. The Morgan fingerprint density at radius 2 is 1.68 bits per heavy atom. The molecule has 0 fully saturated rings. The number of nitriles is 1. The summed E-state index contributed by atoms with van der Waals surface area (Å²) in [5.41, 5.74) is 2.66. The highest BCUT2D eigenvalue weighted by Crippen LogP contribution is 2.23. The fourth-order valence-electron chi connectivity index (χ4n) is 2.03. The van der Waals surface area contributed by atoms with Gasteiger partial charge in [-0.2, -0.15) is 5.26 Å². The number of esters is 1. The molecule has 0 heterocycles. The molecule has 2 aromatic rings. The van der Waals surface area contributed by atoms with E-state index in [0.29, 0.717) is 17.7 Å². The highest BCUT2D eigenvalue weighted by Gasteiger charge is 2.05. The molecule has 2 rings (SSSR count). The molecular formula is C19H17NO2. The maximum absolute atomic E-state index is 11.6. The number of benzene rings is 2. The van der Waals surface area contributed by atoms with Gasteiger partial charge in [-0.1, -0.05) is 30.3 Å². The van der Waals surface area contributed by atoms with Crippen LogP contribution >= 0.6 is 0 Å². The van der Waals surface area contributed by atoms with Crippen molar-refractivity contribution in [1.29, 1.82) is 5.26 Å². The molecule has 0 aromatic heterocycles. The van der Waals surface area contributed by atoms with E-state index in [4.69, 9.17) is 10.00 Å². The average molecular weight is 291 g/mol. The molecule has 0 amide bonds. The molecule has 22 heavy (non-hydrogen) atoms. The van der Waals surface area contributed by atoms with E-state index < -0.39 is 0 Å². The van der Waals surface area contributed by atoms with Gasteiger partial charge in [0.15, 0.2) is 0 Å². The maximum atomic E-state index is 11.6. The van der Waals surface area contributed by atoms with Gasteiger partial charge >= 0.3 is 5.97 Å². The molecule has 0 atom stereocenters. The molecule has 110 valence electrons. The normalized spacial score (nSPS) is 9.77. The molecule has 0 N–H and O–H groups in total. The van der Waals surface area contributed by atoms with Crippen molar-refractivity contribution < 1.29 is 9.53 Å². The average Bonchev–Trinajstić information content (AvgIpc) is 2.56.